The van der Waals surface area contributed by atoms with Gasteiger partial charge in [0, 0.05) is 12.0 Å². The maximum Gasteiger partial charge on any atom is 0.163 e. The molecule has 0 amide bonds. The molecule has 13 heavy (non-hydrogen) atoms. The van der Waals surface area contributed by atoms with Crippen LogP contribution in [-0.2, 0) is 13.0 Å². The van der Waals surface area contributed by atoms with Crippen LogP contribution in [0.1, 0.15) is 27.9 Å². The minimum absolute atomic E-state index is 0.0686. The van der Waals surface area contributed by atoms with Gasteiger partial charge in [0.2, 0.25) is 0 Å². The van der Waals surface area contributed by atoms with Crippen LogP contribution in [0.25, 0.3) is 0 Å². The van der Waals surface area contributed by atoms with Crippen molar-refractivity contribution in [2.75, 3.05) is 0 Å². The summed E-state index contributed by atoms with van der Waals surface area (Å²) in [6.07, 6.45) is 1.17. The average molecular weight is 178 g/mol. The first kappa shape index (κ1) is 8.26. The molecule has 1 aromatic carbocycles. The lowest BCUT2D eigenvalue weighted by atomic mass is 10.0. The average Bonchev–Trinajstić information content (AvgIpc) is 2.46. The zero-order valence-corrected chi connectivity index (χ0v) is 7.08. The van der Waals surface area contributed by atoms with Gasteiger partial charge < -0.3 is 10.2 Å². The van der Waals surface area contributed by atoms with Crippen LogP contribution in [0.4, 0.5) is 0 Å². The van der Waals surface area contributed by atoms with Gasteiger partial charge in [0.15, 0.2) is 5.78 Å². The molecule has 3 nitrogen and oxygen atoms in total. The highest BCUT2D eigenvalue weighted by Crippen LogP contribution is 2.29. The second-order valence-electron chi connectivity index (χ2n) is 3.22. The molecule has 0 unspecified atom stereocenters. The highest BCUT2D eigenvalue weighted by Gasteiger charge is 2.23. The molecule has 3 heteroatoms. The molecule has 0 saturated carbocycles. The lowest BCUT2D eigenvalue weighted by Gasteiger charge is -2.04. The molecular formula is C10H10O3. The highest BCUT2D eigenvalue weighted by molar-refractivity contribution is 6.01. The molecule has 1 aromatic rings. The molecule has 0 aliphatic heterocycles. The molecule has 0 aromatic heterocycles. The molecule has 0 radical (unpaired) electrons. The summed E-state index contributed by atoms with van der Waals surface area (Å²) in [5.74, 6) is 0.191. The van der Waals surface area contributed by atoms with Crippen LogP contribution in [0.5, 0.6) is 5.75 Å². The summed E-state index contributed by atoms with van der Waals surface area (Å²) >= 11 is 0. The van der Waals surface area contributed by atoms with Gasteiger partial charge in [0.05, 0.1) is 6.61 Å². The monoisotopic (exact) mass is 178 g/mol. The second-order valence-corrected chi connectivity index (χ2v) is 3.22. The zero-order chi connectivity index (χ0) is 9.42. The summed E-state index contributed by atoms with van der Waals surface area (Å²) in [6, 6.07) is 3.04. The van der Waals surface area contributed by atoms with Gasteiger partial charge in [0.1, 0.15) is 5.75 Å². The van der Waals surface area contributed by atoms with Gasteiger partial charge in [-0.05, 0) is 29.7 Å². The molecule has 0 bridgehead atoms. The predicted molar refractivity (Wildman–Crippen MR) is 46.7 cm³/mol. The first-order valence-corrected chi connectivity index (χ1v) is 4.21. The largest absolute Gasteiger partial charge is 0.508 e. The number of carbonyl (C=O) groups excluding carboxylic acids is 1. The van der Waals surface area contributed by atoms with Crippen molar-refractivity contribution in [2.45, 2.75) is 19.4 Å². The van der Waals surface area contributed by atoms with Crippen LogP contribution in [0.2, 0.25) is 0 Å². The summed E-state index contributed by atoms with van der Waals surface area (Å²) in [5.41, 5.74) is 2.01. The third kappa shape index (κ3) is 1.21. The number of ketones is 1. The number of hydrogen-bond donors (Lipinski definition) is 2. The van der Waals surface area contributed by atoms with Crippen molar-refractivity contribution in [1.29, 1.82) is 0 Å². The van der Waals surface area contributed by atoms with Crippen LogP contribution in [0.3, 0.4) is 0 Å². The Morgan fingerprint density at radius 3 is 2.77 bits per heavy atom. The van der Waals surface area contributed by atoms with Crippen LogP contribution in [0.15, 0.2) is 12.1 Å². The highest BCUT2D eigenvalue weighted by atomic mass is 16.3. The number of benzene rings is 1. The maximum absolute atomic E-state index is 11.4. The van der Waals surface area contributed by atoms with Crippen molar-refractivity contribution < 1.29 is 15.0 Å². The molecular weight excluding hydrogens is 168 g/mol. The Hall–Kier alpha value is -1.35. The molecule has 0 saturated heterocycles. The van der Waals surface area contributed by atoms with Crippen LogP contribution >= 0.6 is 0 Å². The summed E-state index contributed by atoms with van der Waals surface area (Å²) in [7, 11) is 0. The minimum atomic E-state index is -0.192. The van der Waals surface area contributed by atoms with E-state index in [9.17, 15) is 9.90 Å². The van der Waals surface area contributed by atoms with Gasteiger partial charge in [-0.1, -0.05) is 0 Å². The van der Waals surface area contributed by atoms with E-state index in [0.717, 1.165) is 5.56 Å². The molecule has 1 aliphatic rings. The SMILES string of the molecule is O=C1CCc2cc(O)cc(CO)c21. The molecule has 2 N–H and O–H groups in total. The number of fused-ring (bicyclic) bond motifs is 1. The van der Waals surface area contributed by atoms with Crippen molar-refractivity contribution in [3.05, 3.63) is 28.8 Å². The molecule has 0 spiro atoms. The number of aromatic hydroxyl groups is 1. The smallest absolute Gasteiger partial charge is 0.163 e. The number of aliphatic hydroxyl groups excluding tert-OH is 1. The number of Topliss-reactive ketones (excluding diaryl/α,β-unsaturated/α-hetero) is 1. The lowest BCUT2D eigenvalue weighted by Crippen LogP contribution is -1.98. The van der Waals surface area contributed by atoms with Crippen molar-refractivity contribution in [3.63, 3.8) is 0 Å². The number of aliphatic hydroxyl groups is 1. The van der Waals surface area contributed by atoms with Gasteiger partial charge in [-0.2, -0.15) is 0 Å². The van der Waals surface area contributed by atoms with Gasteiger partial charge in [-0.3, -0.25) is 4.79 Å². The van der Waals surface area contributed by atoms with Crippen molar-refractivity contribution in [1.82, 2.24) is 0 Å². The summed E-state index contributed by atoms with van der Waals surface area (Å²) < 4.78 is 0. The Labute approximate surface area is 75.6 Å². The van der Waals surface area contributed by atoms with Crippen molar-refractivity contribution >= 4 is 5.78 Å². The fraction of sp³-hybridized carbons (Fsp3) is 0.300. The van der Waals surface area contributed by atoms with Crippen molar-refractivity contribution in [3.8, 4) is 5.75 Å². The number of carbonyl (C=O) groups is 1. The van der Waals surface area contributed by atoms with E-state index in [1.165, 1.54) is 6.07 Å². The van der Waals surface area contributed by atoms with Gasteiger partial charge in [-0.25, -0.2) is 0 Å². The maximum atomic E-state index is 11.4. The third-order valence-electron chi connectivity index (χ3n) is 2.36. The van der Waals surface area contributed by atoms with E-state index in [4.69, 9.17) is 5.11 Å². The molecule has 1 aliphatic carbocycles. The van der Waals surface area contributed by atoms with E-state index in [2.05, 4.69) is 0 Å². The van der Waals surface area contributed by atoms with Gasteiger partial charge >= 0.3 is 0 Å². The van der Waals surface area contributed by atoms with E-state index < -0.39 is 0 Å². The summed E-state index contributed by atoms with van der Waals surface area (Å²) in [6.45, 7) is -0.192. The first-order chi connectivity index (χ1) is 6.22. The van der Waals surface area contributed by atoms with E-state index in [1.807, 2.05) is 0 Å². The van der Waals surface area contributed by atoms with Crippen LogP contribution in [-0.4, -0.2) is 16.0 Å². The quantitative estimate of drug-likeness (QED) is 0.674. The van der Waals surface area contributed by atoms with E-state index >= 15 is 0 Å². The summed E-state index contributed by atoms with van der Waals surface area (Å²) in [5, 5.41) is 18.3. The first-order valence-electron chi connectivity index (χ1n) is 4.21. The number of phenolic OH excluding ortho intramolecular Hbond substituents is 1. The molecule has 2 rings (SSSR count). The number of rotatable bonds is 1. The standard InChI is InChI=1S/C10H10O3/c11-5-7-4-8(12)3-6-1-2-9(13)10(6)7/h3-4,11-12H,1-2,5H2. The number of hydrogen-bond acceptors (Lipinski definition) is 3. The Balaban J connectivity index is 2.64. The normalized spacial score (nSPS) is 14.7. The molecule has 0 atom stereocenters. The Morgan fingerprint density at radius 2 is 2.08 bits per heavy atom. The van der Waals surface area contributed by atoms with Gasteiger partial charge in [-0.15, -0.1) is 0 Å². The fourth-order valence-corrected chi connectivity index (χ4v) is 1.80. The number of aryl methyl sites for hydroxylation is 1. The Morgan fingerprint density at radius 1 is 1.31 bits per heavy atom. The van der Waals surface area contributed by atoms with Gasteiger partial charge in [0.25, 0.3) is 0 Å². The van der Waals surface area contributed by atoms with E-state index in [1.54, 1.807) is 6.07 Å². The minimum Gasteiger partial charge on any atom is -0.508 e. The summed E-state index contributed by atoms with van der Waals surface area (Å²) in [4.78, 5) is 11.4. The lowest BCUT2D eigenvalue weighted by molar-refractivity contribution is 0.0992. The number of phenols is 1. The van der Waals surface area contributed by atoms with Crippen LogP contribution < -0.4 is 0 Å². The Bertz CT molecular complexity index is 369. The Kier molecular flexibility index (Phi) is 1.81. The predicted octanol–water partition coefficient (Wildman–Crippen LogP) is 1.01. The van der Waals surface area contributed by atoms with Crippen LogP contribution in [0, 0.1) is 0 Å². The molecule has 0 heterocycles. The zero-order valence-electron chi connectivity index (χ0n) is 7.08. The second kappa shape index (κ2) is 2.85. The van der Waals surface area contributed by atoms with E-state index in [0.29, 0.717) is 24.0 Å². The topological polar surface area (TPSA) is 57.5 Å². The molecule has 0 fully saturated rings. The fourth-order valence-electron chi connectivity index (χ4n) is 1.80. The van der Waals surface area contributed by atoms with E-state index in [-0.39, 0.29) is 18.1 Å². The molecule has 68 valence electrons. The third-order valence-corrected chi connectivity index (χ3v) is 2.36. The van der Waals surface area contributed by atoms with Crippen molar-refractivity contribution in [2.24, 2.45) is 0 Å².